The second-order valence-electron chi connectivity index (χ2n) is 4.81. The van der Waals surface area contributed by atoms with Crippen molar-refractivity contribution in [2.45, 2.75) is 32.9 Å². The Morgan fingerprint density at radius 2 is 1.74 bits per heavy atom. The highest BCUT2D eigenvalue weighted by molar-refractivity contribution is 5.83. The van der Waals surface area contributed by atoms with Crippen molar-refractivity contribution in [3.8, 4) is 0 Å². The van der Waals surface area contributed by atoms with Crippen LogP contribution in [-0.4, -0.2) is 23.0 Å². The van der Waals surface area contributed by atoms with E-state index in [4.69, 9.17) is 10.8 Å². The fraction of sp³-hybridized carbons (Fsp3) is 0.429. The van der Waals surface area contributed by atoms with Gasteiger partial charge in [0.1, 0.15) is 6.04 Å². The van der Waals surface area contributed by atoms with Crippen LogP contribution in [0.5, 0.6) is 0 Å². The van der Waals surface area contributed by atoms with E-state index in [0.29, 0.717) is 5.56 Å². The predicted molar refractivity (Wildman–Crippen MR) is 72.5 cm³/mol. The first kappa shape index (κ1) is 15.2. The van der Waals surface area contributed by atoms with Crippen LogP contribution in [0.1, 0.15) is 31.0 Å². The fourth-order valence-electron chi connectivity index (χ4n) is 1.58. The molecule has 0 spiro atoms. The number of aryl methyl sites for hydroxylation is 1. The molecule has 1 aromatic rings. The van der Waals surface area contributed by atoms with Crippen molar-refractivity contribution in [1.29, 1.82) is 0 Å². The molecule has 0 saturated heterocycles. The number of nitrogens with one attached hydrogen (secondary N) is 1. The van der Waals surface area contributed by atoms with Crippen LogP contribution < -0.4 is 11.1 Å². The average Bonchev–Trinajstić information content (AvgIpc) is 2.37. The molecule has 3 unspecified atom stereocenters. The molecule has 3 atom stereocenters. The van der Waals surface area contributed by atoms with Crippen LogP contribution in [0.2, 0.25) is 0 Å². The first-order valence-corrected chi connectivity index (χ1v) is 6.18. The monoisotopic (exact) mass is 264 g/mol. The summed E-state index contributed by atoms with van der Waals surface area (Å²) >= 11 is 0. The van der Waals surface area contributed by atoms with Crippen molar-refractivity contribution >= 4 is 11.9 Å². The number of carbonyl (C=O) groups excluding carboxylic acids is 1. The van der Waals surface area contributed by atoms with Crippen LogP contribution in [0.15, 0.2) is 24.3 Å². The molecule has 5 heteroatoms. The molecule has 0 aliphatic rings. The summed E-state index contributed by atoms with van der Waals surface area (Å²) in [6.07, 6.45) is 0. The van der Waals surface area contributed by atoms with Crippen LogP contribution in [0, 0.1) is 12.8 Å². The molecule has 19 heavy (non-hydrogen) atoms. The van der Waals surface area contributed by atoms with Gasteiger partial charge >= 0.3 is 5.97 Å². The lowest BCUT2D eigenvalue weighted by Crippen LogP contribution is -2.44. The number of carboxylic acid groups (broad SMARTS) is 1. The van der Waals surface area contributed by atoms with E-state index in [9.17, 15) is 9.59 Å². The summed E-state index contributed by atoms with van der Waals surface area (Å²) in [5.74, 6) is -1.98. The molecule has 0 aliphatic heterocycles. The van der Waals surface area contributed by atoms with E-state index < -0.39 is 24.0 Å². The van der Waals surface area contributed by atoms with E-state index >= 15 is 0 Å². The van der Waals surface area contributed by atoms with Crippen LogP contribution in [-0.2, 0) is 9.59 Å². The molecule has 0 fully saturated rings. The Morgan fingerprint density at radius 3 is 2.21 bits per heavy atom. The zero-order valence-corrected chi connectivity index (χ0v) is 11.4. The molecule has 0 aliphatic carbocycles. The molecule has 0 aromatic heterocycles. The standard InChI is InChI=1S/C14H20N2O3/c1-8-4-6-11(7-5-8)12(15)13(17)16-10(3)9(2)14(18)19/h4-7,9-10,12H,15H2,1-3H3,(H,16,17)(H,18,19). The van der Waals surface area contributed by atoms with Gasteiger partial charge in [0, 0.05) is 6.04 Å². The van der Waals surface area contributed by atoms with Crippen molar-refractivity contribution in [3.63, 3.8) is 0 Å². The molecule has 1 rings (SSSR count). The van der Waals surface area contributed by atoms with Crippen molar-refractivity contribution < 1.29 is 14.7 Å². The van der Waals surface area contributed by atoms with Crippen molar-refractivity contribution in [2.75, 3.05) is 0 Å². The van der Waals surface area contributed by atoms with Gasteiger partial charge in [0.05, 0.1) is 5.92 Å². The number of carbonyl (C=O) groups is 2. The maximum atomic E-state index is 11.9. The van der Waals surface area contributed by atoms with Crippen LogP contribution in [0.3, 0.4) is 0 Å². The third-order valence-corrected chi connectivity index (χ3v) is 3.23. The number of rotatable bonds is 5. The molecule has 0 bridgehead atoms. The number of hydrogen-bond acceptors (Lipinski definition) is 3. The summed E-state index contributed by atoms with van der Waals surface area (Å²) in [4.78, 5) is 22.8. The number of aliphatic carboxylic acids is 1. The topological polar surface area (TPSA) is 92.4 Å². The minimum absolute atomic E-state index is 0.371. The Bertz CT molecular complexity index is 456. The Morgan fingerprint density at radius 1 is 1.21 bits per heavy atom. The van der Waals surface area contributed by atoms with E-state index in [1.807, 2.05) is 19.1 Å². The second kappa shape index (κ2) is 6.33. The number of benzene rings is 1. The van der Waals surface area contributed by atoms with E-state index in [0.717, 1.165) is 5.56 Å². The molecule has 4 N–H and O–H groups in total. The number of hydrogen-bond donors (Lipinski definition) is 3. The van der Waals surface area contributed by atoms with Gasteiger partial charge in [0.2, 0.25) is 5.91 Å². The van der Waals surface area contributed by atoms with E-state index in [1.54, 1.807) is 26.0 Å². The summed E-state index contributed by atoms with van der Waals surface area (Å²) in [5.41, 5.74) is 7.65. The van der Waals surface area contributed by atoms with Gasteiger partial charge in [-0.05, 0) is 26.3 Å². The lowest BCUT2D eigenvalue weighted by molar-refractivity contribution is -0.142. The van der Waals surface area contributed by atoms with Gasteiger partial charge in [-0.1, -0.05) is 29.8 Å². The van der Waals surface area contributed by atoms with Gasteiger partial charge in [-0.25, -0.2) is 0 Å². The van der Waals surface area contributed by atoms with Gasteiger partial charge in [0.25, 0.3) is 0 Å². The van der Waals surface area contributed by atoms with Crippen LogP contribution in [0.4, 0.5) is 0 Å². The Balaban J connectivity index is 2.67. The van der Waals surface area contributed by atoms with E-state index in [1.165, 1.54) is 0 Å². The quantitative estimate of drug-likeness (QED) is 0.745. The van der Waals surface area contributed by atoms with Crippen molar-refractivity contribution in [3.05, 3.63) is 35.4 Å². The number of carboxylic acids is 1. The Kier molecular flexibility index (Phi) is 5.06. The van der Waals surface area contributed by atoms with Crippen LogP contribution in [0.25, 0.3) is 0 Å². The summed E-state index contributed by atoms with van der Waals surface area (Å²) < 4.78 is 0. The van der Waals surface area contributed by atoms with Crippen molar-refractivity contribution in [2.24, 2.45) is 11.7 Å². The molecule has 104 valence electrons. The molecular weight excluding hydrogens is 244 g/mol. The van der Waals surface area contributed by atoms with Gasteiger partial charge in [0.15, 0.2) is 0 Å². The van der Waals surface area contributed by atoms with E-state index in [2.05, 4.69) is 5.32 Å². The fourth-order valence-corrected chi connectivity index (χ4v) is 1.58. The molecule has 5 nitrogen and oxygen atoms in total. The molecule has 1 amide bonds. The highest BCUT2D eigenvalue weighted by Crippen LogP contribution is 2.12. The summed E-state index contributed by atoms with van der Waals surface area (Å²) in [6.45, 7) is 5.15. The van der Waals surface area contributed by atoms with Gasteiger partial charge < -0.3 is 16.2 Å². The third-order valence-electron chi connectivity index (χ3n) is 3.23. The zero-order chi connectivity index (χ0) is 14.6. The summed E-state index contributed by atoms with van der Waals surface area (Å²) in [5, 5.41) is 11.5. The SMILES string of the molecule is Cc1ccc(C(N)C(=O)NC(C)C(C)C(=O)O)cc1. The lowest BCUT2D eigenvalue weighted by atomic mass is 10.0. The average molecular weight is 264 g/mol. The number of nitrogens with two attached hydrogens (primary N) is 1. The molecule has 0 radical (unpaired) electrons. The molecule has 0 saturated carbocycles. The van der Waals surface area contributed by atoms with Crippen LogP contribution >= 0.6 is 0 Å². The number of amides is 1. The highest BCUT2D eigenvalue weighted by atomic mass is 16.4. The maximum absolute atomic E-state index is 11.9. The van der Waals surface area contributed by atoms with E-state index in [-0.39, 0.29) is 5.91 Å². The highest BCUT2D eigenvalue weighted by Gasteiger charge is 2.24. The minimum Gasteiger partial charge on any atom is -0.481 e. The largest absolute Gasteiger partial charge is 0.481 e. The lowest BCUT2D eigenvalue weighted by Gasteiger charge is -2.20. The third kappa shape index (κ3) is 4.06. The van der Waals surface area contributed by atoms with Crippen molar-refractivity contribution in [1.82, 2.24) is 5.32 Å². The van der Waals surface area contributed by atoms with Gasteiger partial charge in [-0.3, -0.25) is 9.59 Å². The first-order valence-electron chi connectivity index (χ1n) is 6.18. The zero-order valence-electron chi connectivity index (χ0n) is 11.4. The summed E-state index contributed by atoms with van der Waals surface area (Å²) in [6, 6.07) is 6.10. The van der Waals surface area contributed by atoms with Gasteiger partial charge in [-0.2, -0.15) is 0 Å². The second-order valence-corrected chi connectivity index (χ2v) is 4.81. The molecule has 0 heterocycles. The minimum atomic E-state index is -0.947. The normalized spacial score (nSPS) is 15.4. The summed E-state index contributed by atoms with van der Waals surface area (Å²) in [7, 11) is 0. The maximum Gasteiger partial charge on any atom is 0.308 e. The molecular formula is C14H20N2O3. The van der Waals surface area contributed by atoms with Gasteiger partial charge in [-0.15, -0.1) is 0 Å². The first-order chi connectivity index (χ1) is 8.82. The smallest absolute Gasteiger partial charge is 0.308 e. The Labute approximate surface area is 112 Å². The predicted octanol–water partition coefficient (Wildman–Crippen LogP) is 1.22. The molecule has 1 aromatic carbocycles. The Hall–Kier alpha value is -1.88.